The standard InChI is InChI=1S/C27H34N4O5S/c1-15-20-23(33)31(26(2,3)4)25(34)30(24(20)37-21(15)22(28)32)12-19(17-8-6-7-9-18(17)35-5)36-16-10-27(11-16)13-29-14-27/h6-9,16,19,29H,10-14H2,1-5H3,(H2,28,32). The van der Waals surface area contributed by atoms with Crippen LogP contribution in [0.15, 0.2) is 33.9 Å². The summed E-state index contributed by atoms with van der Waals surface area (Å²) in [5.41, 5.74) is 5.64. The molecule has 1 unspecified atom stereocenters. The number of nitrogens with two attached hydrogens (primary N) is 1. The minimum atomic E-state index is -0.774. The number of nitrogens with zero attached hydrogens (tertiary/aromatic N) is 2. The number of aromatic nitrogens is 2. The number of thiophene rings is 1. The number of ether oxygens (including phenoxy) is 2. The lowest BCUT2D eigenvalue weighted by Gasteiger charge is -2.54. The first kappa shape index (κ1) is 25.7. The Morgan fingerprint density at radius 2 is 1.92 bits per heavy atom. The van der Waals surface area contributed by atoms with Gasteiger partial charge in [-0.1, -0.05) is 18.2 Å². The number of nitrogens with one attached hydrogen (secondary N) is 1. The fourth-order valence-electron chi connectivity index (χ4n) is 5.65. The highest BCUT2D eigenvalue weighted by atomic mass is 32.1. The topological polar surface area (TPSA) is 118 Å². The zero-order valence-corrected chi connectivity index (χ0v) is 22.7. The van der Waals surface area contributed by atoms with Gasteiger partial charge in [0.2, 0.25) is 0 Å². The zero-order chi connectivity index (χ0) is 26.7. The van der Waals surface area contributed by atoms with Crippen molar-refractivity contribution >= 4 is 27.5 Å². The molecule has 1 aliphatic carbocycles. The molecular weight excluding hydrogens is 492 g/mol. The van der Waals surface area contributed by atoms with Crippen molar-refractivity contribution in [3.63, 3.8) is 0 Å². The Kier molecular flexibility index (Phi) is 6.32. The van der Waals surface area contributed by atoms with Gasteiger partial charge in [-0.05, 0) is 52.2 Å². The van der Waals surface area contributed by atoms with Gasteiger partial charge >= 0.3 is 5.69 Å². The summed E-state index contributed by atoms with van der Waals surface area (Å²) in [5.74, 6) is 0.0475. The Hall–Kier alpha value is -2.95. The van der Waals surface area contributed by atoms with Gasteiger partial charge in [0.25, 0.3) is 11.5 Å². The summed E-state index contributed by atoms with van der Waals surface area (Å²) >= 11 is 1.08. The molecule has 0 bridgehead atoms. The number of primary amides is 1. The number of fused-ring (bicyclic) bond motifs is 1. The van der Waals surface area contributed by atoms with E-state index in [0.717, 1.165) is 42.8 Å². The lowest BCUT2D eigenvalue weighted by atomic mass is 9.63. The lowest BCUT2D eigenvalue weighted by Crippen LogP contribution is -2.62. The van der Waals surface area contributed by atoms with Crippen molar-refractivity contribution < 1.29 is 14.3 Å². The summed E-state index contributed by atoms with van der Waals surface area (Å²) in [6.45, 7) is 9.33. The molecule has 3 N–H and O–H groups in total. The third kappa shape index (κ3) is 4.30. The van der Waals surface area contributed by atoms with Gasteiger partial charge in [0, 0.05) is 29.6 Å². The molecule has 2 aromatic heterocycles. The molecule has 1 saturated carbocycles. The first-order chi connectivity index (χ1) is 17.5. The van der Waals surface area contributed by atoms with Crippen molar-refractivity contribution in [3.05, 3.63) is 61.1 Å². The van der Waals surface area contributed by atoms with Crippen LogP contribution in [0.1, 0.15) is 60.5 Å². The molecule has 1 atom stereocenters. The number of aryl methyl sites for hydroxylation is 1. The first-order valence-electron chi connectivity index (χ1n) is 12.5. The zero-order valence-electron chi connectivity index (χ0n) is 21.9. The second kappa shape index (κ2) is 9.11. The SMILES string of the molecule is COc1ccccc1C(Cn1c(=O)n(C(C)(C)C)c(=O)c2c(C)c(C(N)=O)sc21)OC1CC2(CNC2)C1. The van der Waals surface area contributed by atoms with Crippen molar-refractivity contribution in [1.82, 2.24) is 14.5 Å². The smallest absolute Gasteiger partial charge is 0.332 e. The third-order valence-electron chi connectivity index (χ3n) is 7.62. The molecule has 1 aromatic carbocycles. The summed E-state index contributed by atoms with van der Waals surface area (Å²) in [6.07, 6.45) is 1.48. The molecule has 2 aliphatic rings. The van der Waals surface area contributed by atoms with Crippen LogP contribution < -0.4 is 27.0 Å². The number of methoxy groups -OCH3 is 1. The van der Waals surface area contributed by atoms with E-state index in [9.17, 15) is 14.4 Å². The highest BCUT2D eigenvalue weighted by Gasteiger charge is 2.49. The van der Waals surface area contributed by atoms with E-state index in [-0.39, 0.29) is 17.5 Å². The van der Waals surface area contributed by atoms with Gasteiger partial charge in [0.1, 0.15) is 16.7 Å². The number of carbonyl (C=O) groups is 1. The number of rotatable bonds is 7. The number of hydrogen-bond acceptors (Lipinski definition) is 7. The summed E-state index contributed by atoms with van der Waals surface area (Å²) in [4.78, 5) is 40.4. The number of benzene rings is 1. The Bertz CT molecular complexity index is 1480. The maximum Gasteiger partial charge on any atom is 0.332 e. The van der Waals surface area contributed by atoms with Gasteiger partial charge in [0.05, 0.1) is 30.0 Å². The van der Waals surface area contributed by atoms with Crippen LogP contribution in [0.4, 0.5) is 0 Å². The van der Waals surface area contributed by atoms with Gasteiger partial charge in [-0.15, -0.1) is 11.3 Å². The Morgan fingerprint density at radius 3 is 2.49 bits per heavy atom. The predicted octanol–water partition coefficient (Wildman–Crippen LogP) is 2.91. The molecule has 3 heterocycles. The predicted molar refractivity (Wildman–Crippen MR) is 144 cm³/mol. The first-order valence-corrected chi connectivity index (χ1v) is 13.4. The van der Waals surface area contributed by atoms with Crippen molar-refractivity contribution in [3.8, 4) is 5.75 Å². The quantitative estimate of drug-likeness (QED) is 0.489. The van der Waals surface area contributed by atoms with Crippen molar-refractivity contribution in [1.29, 1.82) is 0 Å². The highest BCUT2D eigenvalue weighted by molar-refractivity contribution is 7.20. The molecule has 1 saturated heterocycles. The van der Waals surface area contributed by atoms with E-state index in [4.69, 9.17) is 15.2 Å². The van der Waals surface area contributed by atoms with Gasteiger partial charge in [-0.25, -0.2) is 4.79 Å². The van der Waals surface area contributed by atoms with Crippen molar-refractivity contribution in [2.45, 2.75) is 64.8 Å². The van der Waals surface area contributed by atoms with Crippen LogP contribution in [-0.2, 0) is 16.8 Å². The fraction of sp³-hybridized carbons (Fsp3) is 0.519. The molecule has 198 valence electrons. The molecule has 5 rings (SSSR count). The average Bonchev–Trinajstić information content (AvgIpc) is 3.12. The van der Waals surface area contributed by atoms with E-state index in [2.05, 4.69) is 5.32 Å². The maximum absolute atomic E-state index is 13.9. The number of carbonyl (C=O) groups excluding carboxylic acids is 1. The fourth-order valence-corrected chi connectivity index (χ4v) is 6.80. The van der Waals surface area contributed by atoms with E-state index >= 15 is 0 Å². The summed E-state index contributed by atoms with van der Waals surface area (Å²) < 4.78 is 15.1. The number of para-hydroxylation sites is 1. The van der Waals surface area contributed by atoms with E-state index in [1.54, 1.807) is 18.6 Å². The monoisotopic (exact) mass is 526 g/mol. The maximum atomic E-state index is 13.9. The van der Waals surface area contributed by atoms with Crippen LogP contribution in [0.25, 0.3) is 10.2 Å². The van der Waals surface area contributed by atoms with Crippen LogP contribution in [-0.4, -0.2) is 41.3 Å². The molecule has 37 heavy (non-hydrogen) atoms. The number of hydrogen-bond donors (Lipinski definition) is 2. The third-order valence-corrected chi connectivity index (χ3v) is 8.95. The minimum Gasteiger partial charge on any atom is -0.496 e. The van der Waals surface area contributed by atoms with Crippen LogP contribution in [0.2, 0.25) is 0 Å². The summed E-state index contributed by atoms with van der Waals surface area (Å²) in [5, 5.41) is 3.69. The second-order valence-electron chi connectivity index (χ2n) is 11.3. The van der Waals surface area contributed by atoms with E-state index in [0.29, 0.717) is 26.9 Å². The van der Waals surface area contributed by atoms with E-state index in [1.165, 1.54) is 4.57 Å². The van der Waals surface area contributed by atoms with Crippen LogP contribution >= 0.6 is 11.3 Å². The summed E-state index contributed by atoms with van der Waals surface area (Å²) in [6, 6.07) is 7.63. The second-order valence-corrected chi connectivity index (χ2v) is 12.3. The molecule has 3 aromatic rings. The lowest BCUT2D eigenvalue weighted by molar-refractivity contribution is -0.136. The molecule has 2 fully saturated rings. The van der Waals surface area contributed by atoms with Gasteiger partial charge < -0.3 is 20.5 Å². The largest absolute Gasteiger partial charge is 0.496 e. The highest BCUT2D eigenvalue weighted by Crippen LogP contribution is 2.47. The number of amides is 1. The molecular formula is C27H34N4O5S. The van der Waals surface area contributed by atoms with Gasteiger partial charge in [-0.3, -0.25) is 18.7 Å². The average molecular weight is 527 g/mol. The van der Waals surface area contributed by atoms with Gasteiger partial charge in [0.15, 0.2) is 0 Å². The van der Waals surface area contributed by atoms with Crippen LogP contribution in [0, 0.1) is 12.3 Å². The molecule has 1 aliphatic heterocycles. The summed E-state index contributed by atoms with van der Waals surface area (Å²) in [7, 11) is 1.61. The Morgan fingerprint density at radius 1 is 1.24 bits per heavy atom. The molecule has 1 amide bonds. The van der Waals surface area contributed by atoms with Crippen molar-refractivity contribution in [2.75, 3.05) is 20.2 Å². The molecule has 1 spiro atoms. The van der Waals surface area contributed by atoms with E-state index < -0.39 is 28.8 Å². The normalized spacial score (nSPS) is 18.0. The molecule has 10 heteroatoms. The molecule has 0 radical (unpaired) electrons. The van der Waals surface area contributed by atoms with Gasteiger partial charge in [-0.2, -0.15) is 0 Å². The van der Waals surface area contributed by atoms with Crippen LogP contribution in [0.3, 0.4) is 0 Å². The minimum absolute atomic E-state index is 0.0583. The Balaban J connectivity index is 1.66. The molecule has 9 nitrogen and oxygen atoms in total. The van der Waals surface area contributed by atoms with Crippen molar-refractivity contribution in [2.24, 2.45) is 11.1 Å². The Labute approximate surface area is 219 Å². The van der Waals surface area contributed by atoms with Crippen LogP contribution in [0.5, 0.6) is 5.75 Å². The van der Waals surface area contributed by atoms with E-state index in [1.807, 2.05) is 45.0 Å².